The lowest BCUT2D eigenvalue weighted by atomic mass is 10.1. The molecule has 0 saturated carbocycles. The summed E-state index contributed by atoms with van der Waals surface area (Å²) < 4.78 is 19.3. The average molecular weight is 244 g/mol. The predicted molar refractivity (Wildman–Crippen MR) is 71.0 cm³/mol. The number of benzene rings is 2. The first-order valence-electron chi connectivity index (χ1n) is 6.17. The van der Waals surface area contributed by atoms with Crippen LogP contribution in [0.4, 0.5) is 4.39 Å². The van der Waals surface area contributed by atoms with E-state index < -0.39 is 6.17 Å². The van der Waals surface area contributed by atoms with Crippen LogP contribution in [0.2, 0.25) is 0 Å². The Labute approximate surface area is 107 Å². The Morgan fingerprint density at radius 3 is 2.17 bits per heavy atom. The number of hydrogen-bond acceptors (Lipinski definition) is 1. The second kappa shape index (κ2) is 6.92. The molecular formula is C16H17FO. The highest BCUT2D eigenvalue weighted by molar-refractivity contribution is 5.17. The second-order valence-electron chi connectivity index (χ2n) is 4.21. The molecule has 94 valence electrons. The fourth-order valence-electron chi connectivity index (χ4n) is 1.78. The first-order valence-corrected chi connectivity index (χ1v) is 6.17. The van der Waals surface area contributed by atoms with Crippen molar-refractivity contribution in [3.8, 4) is 0 Å². The van der Waals surface area contributed by atoms with Gasteiger partial charge in [0.1, 0.15) is 6.17 Å². The highest BCUT2D eigenvalue weighted by atomic mass is 19.1. The smallest absolute Gasteiger partial charge is 0.127 e. The van der Waals surface area contributed by atoms with Gasteiger partial charge in [-0.25, -0.2) is 4.39 Å². The van der Waals surface area contributed by atoms with Crippen molar-refractivity contribution in [1.82, 2.24) is 0 Å². The van der Waals surface area contributed by atoms with E-state index in [1.165, 1.54) is 0 Å². The van der Waals surface area contributed by atoms with Crippen LogP contribution in [0, 0.1) is 0 Å². The van der Waals surface area contributed by atoms with Crippen molar-refractivity contribution in [3.05, 3.63) is 71.8 Å². The van der Waals surface area contributed by atoms with Crippen molar-refractivity contribution in [2.45, 2.75) is 19.2 Å². The fraction of sp³-hybridized carbons (Fsp3) is 0.250. The Bertz CT molecular complexity index is 441. The molecule has 1 atom stereocenters. The first kappa shape index (κ1) is 12.8. The van der Waals surface area contributed by atoms with Crippen LogP contribution in [0.1, 0.15) is 23.7 Å². The molecule has 0 N–H and O–H groups in total. The standard InChI is InChI=1S/C16H17FO/c17-16(15-9-5-2-6-10-15)11-12-18-13-14-7-3-1-4-8-14/h1-10,16H,11-13H2/t16-/m1/s1. The summed E-state index contributed by atoms with van der Waals surface area (Å²) in [5.74, 6) is 0. The van der Waals surface area contributed by atoms with Crippen molar-refractivity contribution in [2.75, 3.05) is 6.61 Å². The van der Waals surface area contributed by atoms with Crippen LogP contribution < -0.4 is 0 Å². The van der Waals surface area contributed by atoms with Gasteiger partial charge in [0.25, 0.3) is 0 Å². The van der Waals surface area contributed by atoms with Crippen LogP contribution in [0.15, 0.2) is 60.7 Å². The van der Waals surface area contributed by atoms with E-state index in [4.69, 9.17) is 4.74 Å². The van der Waals surface area contributed by atoms with E-state index in [0.717, 1.165) is 11.1 Å². The minimum atomic E-state index is -0.943. The molecule has 0 radical (unpaired) electrons. The molecule has 1 nitrogen and oxygen atoms in total. The molecule has 0 aliphatic carbocycles. The third kappa shape index (κ3) is 3.97. The molecule has 0 spiro atoms. The largest absolute Gasteiger partial charge is 0.377 e. The zero-order valence-corrected chi connectivity index (χ0v) is 10.3. The van der Waals surface area contributed by atoms with E-state index in [0.29, 0.717) is 19.6 Å². The Morgan fingerprint density at radius 2 is 1.50 bits per heavy atom. The highest BCUT2D eigenvalue weighted by Gasteiger charge is 2.08. The van der Waals surface area contributed by atoms with Gasteiger partial charge in [0.2, 0.25) is 0 Å². The van der Waals surface area contributed by atoms with Gasteiger partial charge < -0.3 is 4.74 Å². The summed E-state index contributed by atoms with van der Waals surface area (Å²) >= 11 is 0. The molecule has 0 amide bonds. The lowest BCUT2D eigenvalue weighted by Gasteiger charge is -2.09. The molecule has 2 aromatic rings. The van der Waals surface area contributed by atoms with Gasteiger partial charge in [0, 0.05) is 6.42 Å². The van der Waals surface area contributed by atoms with Crippen LogP contribution in [0.3, 0.4) is 0 Å². The minimum absolute atomic E-state index is 0.400. The highest BCUT2D eigenvalue weighted by Crippen LogP contribution is 2.20. The second-order valence-corrected chi connectivity index (χ2v) is 4.21. The maximum absolute atomic E-state index is 13.8. The zero-order chi connectivity index (χ0) is 12.6. The van der Waals surface area contributed by atoms with Gasteiger partial charge in [-0.3, -0.25) is 0 Å². The molecule has 0 heterocycles. The monoisotopic (exact) mass is 244 g/mol. The third-order valence-corrected chi connectivity index (χ3v) is 2.79. The first-order chi connectivity index (χ1) is 8.86. The van der Waals surface area contributed by atoms with E-state index in [2.05, 4.69) is 0 Å². The fourth-order valence-corrected chi connectivity index (χ4v) is 1.78. The van der Waals surface area contributed by atoms with E-state index in [1.807, 2.05) is 60.7 Å². The van der Waals surface area contributed by atoms with Gasteiger partial charge in [-0.15, -0.1) is 0 Å². The SMILES string of the molecule is F[C@H](CCOCc1ccccc1)c1ccccc1. The lowest BCUT2D eigenvalue weighted by Crippen LogP contribution is -2.00. The predicted octanol–water partition coefficient (Wildman–Crippen LogP) is 4.30. The van der Waals surface area contributed by atoms with Gasteiger partial charge in [-0.05, 0) is 11.1 Å². The van der Waals surface area contributed by atoms with Crippen LogP contribution >= 0.6 is 0 Å². The van der Waals surface area contributed by atoms with E-state index in [9.17, 15) is 4.39 Å². The molecule has 0 bridgehead atoms. The van der Waals surface area contributed by atoms with Crippen LogP contribution in [0.25, 0.3) is 0 Å². The normalized spacial score (nSPS) is 12.3. The topological polar surface area (TPSA) is 9.23 Å². The van der Waals surface area contributed by atoms with E-state index in [-0.39, 0.29) is 0 Å². The minimum Gasteiger partial charge on any atom is -0.377 e. The molecule has 18 heavy (non-hydrogen) atoms. The molecule has 0 saturated heterocycles. The number of hydrogen-bond donors (Lipinski definition) is 0. The maximum Gasteiger partial charge on any atom is 0.127 e. The molecule has 2 heteroatoms. The quantitative estimate of drug-likeness (QED) is 0.688. The van der Waals surface area contributed by atoms with Crippen LogP contribution in [0.5, 0.6) is 0 Å². The summed E-state index contributed by atoms with van der Waals surface area (Å²) in [7, 11) is 0. The Morgan fingerprint density at radius 1 is 0.889 bits per heavy atom. The van der Waals surface area contributed by atoms with Gasteiger partial charge in [-0.2, -0.15) is 0 Å². The summed E-state index contributed by atoms with van der Waals surface area (Å²) in [5.41, 5.74) is 1.84. The van der Waals surface area contributed by atoms with Crippen molar-refractivity contribution >= 4 is 0 Å². The summed E-state index contributed by atoms with van der Waals surface area (Å²) in [6.07, 6.45) is -0.543. The van der Waals surface area contributed by atoms with Crippen LogP contribution in [-0.2, 0) is 11.3 Å². The molecule has 0 aliphatic rings. The van der Waals surface area contributed by atoms with Crippen molar-refractivity contribution in [2.24, 2.45) is 0 Å². The van der Waals surface area contributed by atoms with Crippen LogP contribution in [-0.4, -0.2) is 6.61 Å². The molecular weight excluding hydrogens is 227 g/mol. The summed E-state index contributed by atoms with van der Waals surface area (Å²) in [5, 5.41) is 0. The van der Waals surface area contributed by atoms with Crippen molar-refractivity contribution in [1.29, 1.82) is 0 Å². The maximum atomic E-state index is 13.8. The number of halogens is 1. The molecule has 0 aromatic heterocycles. The zero-order valence-electron chi connectivity index (χ0n) is 10.3. The molecule has 2 rings (SSSR count). The van der Waals surface area contributed by atoms with Gasteiger partial charge in [-0.1, -0.05) is 60.7 Å². The third-order valence-electron chi connectivity index (χ3n) is 2.79. The lowest BCUT2D eigenvalue weighted by molar-refractivity contribution is 0.0996. The number of ether oxygens (including phenoxy) is 1. The molecule has 0 aliphatic heterocycles. The summed E-state index contributed by atoms with van der Waals surface area (Å²) in [4.78, 5) is 0. The van der Waals surface area contributed by atoms with Crippen molar-refractivity contribution < 1.29 is 9.13 Å². The average Bonchev–Trinajstić information content (AvgIpc) is 2.45. The van der Waals surface area contributed by atoms with Gasteiger partial charge in [0.15, 0.2) is 0 Å². The van der Waals surface area contributed by atoms with Gasteiger partial charge >= 0.3 is 0 Å². The van der Waals surface area contributed by atoms with E-state index in [1.54, 1.807) is 0 Å². The molecule has 0 unspecified atom stereocenters. The van der Waals surface area contributed by atoms with Gasteiger partial charge in [0.05, 0.1) is 13.2 Å². The summed E-state index contributed by atoms with van der Waals surface area (Å²) in [6, 6.07) is 19.1. The van der Waals surface area contributed by atoms with Crippen molar-refractivity contribution in [3.63, 3.8) is 0 Å². The number of rotatable bonds is 6. The molecule has 2 aromatic carbocycles. The Hall–Kier alpha value is -1.67. The Balaban J connectivity index is 1.70. The number of alkyl halides is 1. The van der Waals surface area contributed by atoms with E-state index >= 15 is 0 Å². The summed E-state index contributed by atoms with van der Waals surface area (Å²) in [6.45, 7) is 0.979. The molecule has 0 fully saturated rings. The Kier molecular flexibility index (Phi) is 4.91.